The second-order valence-electron chi connectivity index (χ2n) is 6.95. The summed E-state index contributed by atoms with van der Waals surface area (Å²) >= 11 is 4.90. The molecular weight excluding hydrogens is 476 g/mol. The Hall–Kier alpha value is -2.84. The van der Waals surface area contributed by atoms with Crippen LogP contribution in [0.25, 0.3) is 11.6 Å². The molecule has 1 unspecified atom stereocenters. The van der Waals surface area contributed by atoms with Gasteiger partial charge in [0.25, 0.3) is 0 Å². The number of aromatic nitrogens is 3. The minimum absolute atomic E-state index is 0.0675. The number of furan rings is 1. The van der Waals surface area contributed by atoms with E-state index in [1.807, 2.05) is 78.2 Å². The van der Waals surface area contributed by atoms with Crippen LogP contribution in [0, 0.1) is 0 Å². The third kappa shape index (κ3) is 5.26. The van der Waals surface area contributed by atoms with Gasteiger partial charge in [-0.15, -0.1) is 10.2 Å². The van der Waals surface area contributed by atoms with Crippen LogP contribution in [0.5, 0.6) is 0 Å². The number of hydrogen-bond acceptors (Lipinski definition) is 5. The highest BCUT2D eigenvalue weighted by Crippen LogP contribution is 2.26. The van der Waals surface area contributed by atoms with Gasteiger partial charge in [-0.2, -0.15) is 0 Å². The molecule has 0 fully saturated rings. The number of amides is 1. The summed E-state index contributed by atoms with van der Waals surface area (Å²) in [5.74, 6) is 1.45. The Morgan fingerprint density at radius 2 is 1.87 bits per heavy atom. The van der Waals surface area contributed by atoms with Gasteiger partial charge in [0.15, 0.2) is 10.9 Å². The van der Waals surface area contributed by atoms with Crippen molar-refractivity contribution in [3.63, 3.8) is 0 Å². The predicted molar refractivity (Wildman–Crippen MR) is 125 cm³/mol. The van der Waals surface area contributed by atoms with Crippen molar-refractivity contribution in [1.29, 1.82) is 0 Å². The number of nitrogens with one attached hydrogen (secondary N) is 1. The smallest absolute Gasteiger partial charge is 0.230 e. The topological polar surface area (TPSA) is 73.0 Å². The van der Waals surface area contributed by atoms with Crippen LogP contribution in [0.1, 0.15) is 24.1 Å². The lowest BCUT2D eigenvalue weighted by Crippen LogP contribution is -2.28. The molecule has 31 heavy (non-hydrogen) atoms. The van der Waals surface area contributed by atoms with Crippen LogP contribution in [0.2, 0.25) is 0 Å². The van der Waals surface area contributed by atoms with Gasteiger partial charge in [-0.3, -0.25) is 9.36 Å². The molecule has 0 radical (unpaired) electrons. The number of benzene rings is 2. The van der Waals surface area contributed by atoms with Crippen molar-refractivity contribution in [3.8, 4) is 11.6 Å². The number of thioether (sulfide) groups is 1. The molecule has 4 aromatic rings. The van der Waals surface area contributed by atoms with Crippen molar-refractivity contribution in [1.82, 2.24) is 20.1 Å². The van der Waals surface area contributed by atoms with Crippen LogP contribution in [0.4, 0.5) is 0 Å². The first-order chi connectivity index (χ1) is 15.1. The molecule has 2 aromatic carbocycles. The summed E-state index contributed by atoms with van der Waals surface area (Å²) in [6.07, 6.45) is 1.61. The molecule has 0 saturated carbocycles. The second kappa shape index (κ2) is 9.98. The lowest BCUT2D eigenvalue weighted by molar-refractivity contribution is -0.119. The quantitative estimate of drug-likeness (QED) is 0.334. The molecule has 1 amide bonds. The molecule has 4 rings (SSSR count). The van der Waals surface area contributed by atoms with Crippen molar-refractivity contribution in [2.24, 2.45) is 0 Å². The SMILES string of the molecule is CC(NC(=O)CSc1nnc(-c2ccco2)n1Cc1ccccc1)c1ccccc1Br. The summed E-state index contributed by atoms with van der Waals surface area (Å²) in [7, 11) is 0. The van der Waals surface area contributed by atoms with Gasteiger partial charge in [0, 0.05) is 4.47 Å². The predicted octanol–water partition coefficient (Wildman–Crippen LogP) is 5.32. The fourth-order valence-electron chi connectivity index (χ4n) is 3.21. The molecule has 0 spiro atoms. The molecule has 1 N–H and O–H groups in total. The number of rotatable bonds is 8. The Kier molecular flexibility index (Phi) is 6.89. The van der Waals surface area contributed by atoms with Gasteiger partial charge in [-0.25, -0.2) is 0 Å². The van der Waals surface area contributed by atoms with E-state index < -0.39 is 0 Å². The van der Waals surface area contributed by atoms with Crippen molar-refractivity contribution in [2.45, 2.75) is 24.7 Å². The standard InChI is InChI=1S/C23H21BrN4O2S/c1-16(18-10-5-6-11-19(18)24)25-21(29)15-31-23-27-26-22(20-12-7-13-30-20)28(23)14-17-8-3-2-4-9-17/h2-13,16H,14-15H2,1H3,(H,25,29). The minimum atomic E-state index is -0.107. The fraction of sp³-hybridized carbons (Fsp3) is 0.174. The fourth-order valence-corrected chi connectivity index (χ4v) is 4.59. The van der Waals surface area contributed by atoms with Crippen LogP contribution < -0.4 is 5.32 Å². The molecule has 2 aromatic heterocycles. The lowest BCUT2D eigenvalue weighted by Gasteiger charge is -2.16. The van der Waals surface area contributed by atoms with E-state index in [-0.39, 0.29) is 17.7 Å². The zero-order valence-electron chi connectivity index (χ0n) is 16.9. The van der Waals surface area contributed by atoms with E-state index in [1.54, 1.807) is 6.26 Å². The molecule has 6 nitrogen and oxygen atoms in total. The summed E-state index contributed by atoms with van der Waals surface area (Å²) in [6.45, 7) is 2.55. The zero-order valence-corrected chi connectivity index (χ0v) is 19.3. The minimum Gasteiger partial charge on any atom is -0.461 e. The molecule has 8 heteroatoms. The normalized spacial score (nSPS) is 11.9. The molecule has 0 aliphatic rings. The lowest BCUT2D eigenvalue weighted by atomic mass is 10.1. The van der Waals surface area contributed by atoms with Crippen LogP contribution in [0.3, 0.4) is 0 Å². The molecule has 0 bridgehead atoms. The van der Waals surface area contributed by atoms with E-state index in [4.69, 9.17) is 4.42 Å². The second-order valence-corrected chi connectivity index (χ2v) is 8.75. The van der Waals surface area contributed by atoms with Crippen molar-refractivity contribution in [2.75, 3.05) is 5.75 Å². The van der Waals surface area contributed by atoms with Gasteiger partial charge in [-0.05, 0) is 36.2 Å². The maximum Gasteiger partial charge on any atom is 0.230 e. The van der Waals surface area contributed by atoms with Crippen LogP contribution in [0.15, 0.2) is 87.0 Å². The summed E-state index contributed by atoms with van der Waals surface area (Å²) in [6, 6.07) is 21.5. The summed E-state index contributed by atoms with van der Waals surface area (Å²) in [5.41, 5.74) is 2.15. The molecular formula is C23H21BrN4O2S. The van der Waals surface area contributed by atoms with Crippen LogP contribution in [-0.2, 0) is 11.3 Å². The maximum atomic E-state index is 12.6. The first kappa shape index (κ1) is 21.4. The summed E-state index contributed by atoms with van der Waals surface area (Å²) in [5, 5.41) is 12.3. The van der Waals surface area contributed by atoms with E-state index >= 15 is 0 Å². The van der Waals surface area contributed by atoms with E-state index in [9.17, 15) is 4.79 Å². The van der Waals surface area contributed by atoms with Gasteiger partial charge in [-0.1, -0.05) is 76.2 Å². The number of nitrogens with zero attached hydrogens (tertiary/aromatic N) is 3. The average Bonchev–Trinajstić information content (AvgIpc) is 3.43. The molecule has 0 saturated heterocycles. The Balaban J connectivity index is 1.48. The van der Waals surface area contributed by atoms with Gasteiger partial charge >= 0.3 is 0 Å². The van der Waals surface area contributed by atoms with E-state index in [0.29, 0.717) is 23.3 Å². The first-order valence-corrected chi connectivity index (χ1v) is 11.6. The molecule has 1 atom stereocenters. The number of carbonyl (C=O) groups is 1. The zero-order chi connectivity index (χ0) is 21.6. The summed E-state index contributed by atoms with van der Waals surface area (Å²) < 4.78 is 8.48. The highest BCUT2D eigenvalue weighted by atomic mass is 79.9. The van der Waals surface area contributed by atoms with Crippen molar-refractivity contribution >= 4 is 33.6 Å². The van der Waals surface area contributed by atoms with Gasteiger partial charge in [0.1, 0.15) is 0 Å². The molecule has 158 valence electrons. The Labute approximate surface area is 193 Å². The molecule has 0 aliphatic heterocycles. The van der Waals surface area contributed by atoms with E-state index in [2.05, 4.69) is 31.4 Å². The van der Waals surface area contributed by atoms with Gasteiger partial charge in [0.2, 0.25) is 11.7 Å². The molecule has 0 aliphatic carbocycles. The Bertz CT molecular complexity index is 1150. The largest absolute Gasteiger partial charge is 0.461 e. The van der Waals surface area contributed by atoms with E-state index in [0.717, 1.165) is 15.6 Å². The third-order valence-electron chi connectivity index (χ3n) is 4.72. The maximum absolute atomic E-state index is 12.6. The van der Waals surface area contributed by atoms with Crippen LogP contribution >= 0.6 is 27.7 Å². The van der Waals surface area contributed by atoms with Crippen LogP contribution in [-0.4, -0.2) is 26.4 Å². The molecule has 2 heterocycles. The van der Waals surface area contributed by atoms with Gasteiger partial charge < -0.3 is 9.73 Å². The number of halogens is 1. The average molecular weight is 497 g/mol. The highest BCUT2D eigenvalue weighted by Gasteiger charge is 2.19. The number of hydrogen-bond donors (Lipinski definition) is 1. The number of carbonyl (C=O) groups excluding carboxylic acids is 1. The highest BCUT2D eigenvalue weighted by molar-refractivity contribution is 9.10. The van der Waals surface area contributed by atoms with Crippen molar-refractivity contribution < 1.29 is 9.21 Å². The Morgan fingerprint density at radius 3 is 2.61 bits per heavy atom. The monoisotopic (exact) mass is 496 g/mol. The third-order valence-corrected chi connectivity index (χ3v) is 6.41. The van der Waals surface area contributed by atoms with E-state index in [1.165, 1.54) is 11.8 Å². The first-order valence-electron chi connectivity index (χ1n) is 9.79. The van der Waals surface area contributed by atoms with Crippen molar-refractivity contribution in [3.05, 3.63) is 88.6 Å². The Morgan fingerprint density at radius 1 is 1.10 bits per heavy atom. The summed E-state index contributed by atoms with van der Waals surface area (Å²) in [4.78, 5) is 12.6. The van der Waals surface area contributed by atoms with Gasteiger partial charge in [0.05, 0.1) is 24.6 Å².